The van der Waals surface area contributed by atoms with E-state index in [1.54, 1.807) is 52.0 Å². The van der Waals surface area contributed by atoms with Gasteiger partial charge in [-0.2, -0.15) is 0 Å². The van der Waals surface area contributed by atoms with Crippen LogP contribution >= 0.6 is 11.8 Å². The number of aromatic nitrogens is 3. The molecule has 3 N–H and O–H groups in total. The van der Waals surface area contributed by atoms with Crippen molar-refractivity contribution in [3.63, 3.8) is 0 Å². The molecule has 0 aliphatic heterocycles. The van der Waals surface area contributed by atoms with Gasteiger partial charge in [0.05, 0.1) is 10.9 Å². The number of rotatable bonds is 7. The maximum Gasteiger partial charge on any atom is 0.278 e. The van der Waals surface area contributed by atoms with Gasteiger partial charge < -0.3 is 10.6 Å². The number of nitrogens with zero attached hydrogens (tertiary/aromatic N) is 2. The molecule has 2 amide bonds. The number of aromatic amines is 1. The highest BCUT2D eigenvalue weighted by atomic mass is 32.2. The first-order valence-corrected chi connectivity index (χ1v) is 11.1. The van der Waals surface area contributed by atoms with Crippen molar-refractivity contribution in [2.75, 3.05) is 10.6 Å². The first-order valence-electron chi connectivity index (χ1n) is 10.3. The molecule has 1 atom stereocenters. The average molecular weight is 470 g/mol. The van der Waals surface area contributed by atoms with Crippen LogP contribution in [0.15, 0.2) is 52.4 Å². The van der Waals surface area contributed by atoms with E-state index in [0.717, 1.165) is 11.8 Å². The van der Waals surface area contributed by atoms with Gasteiger partial charge in [0.1, 0.15) is 5.82 Å². The van der Waals surface area contributed by atoms with E-state index in [1.807, 2.05) is 0 Å². The molecular formula is C23H24FN5O3S. The van der Waals surface area contributed by atoms with E-state index in [4.69, 9.17) is 0 Å². The third-order valence-electron chi connectivity index (χ3n) is 4.74. The van der Waals surface area contributed by atoms with Gasteiger partial charge in [0.2, 0.25) is 11.8 Å². The van der Waals surface area contributed by atoms with Crippen molar-refractivity contribution < 1.29 is 14.0 Å². The van der Waals surface area contributed by atoms with Crippen LogP contribution in [-0.2, 0) is 9.59 Å². The maximum absolute atomic E-state index is 13.3. The quantitative estimate of drug-likeness (QED) is 0.451. The lowest BCUT2D eigenvalue weighted by Crippen LogP contribution is -2.24. The van der Waals surface area contributed by atoms with E-state index in [2.05, 4.69) is 25.8 Å². The molecule has 2 aromatic carbocycles. The van der Waals surface area contributed by atoms with Crippen LogP contribution in [0.25, 0.3) is 11.3 Å². The Morgan fingerprint density at radius 1 is 1.00 bits per heavy atom. The molecule has 8 nitrogen and oxygen atoms in total. The fourth-order valence-corrected chi connectivity index (χ4v) is 3.59. The standard InChI is InChI=1S/C23H24FN5O3S/c1-12(2)20(30)26-18-8-6-5-7-16(18)19-22(32)27-23(29-28-19)33-14(4)21(31)25-17-10-9-15(24)11-13(17)3/h5-12,14H,1-4H3,(H,25,31)(H,26,30)(H,27,29,32). The van der Waals surface area contributed by atoms with Crippen molar-refractivity contribution in [2.45, 2.75) is 38.1 Å². The number of halogens is 1. The molecule has 172 valence electrons. The van der Waals surface area contributed by atoms with E-state index >= 15 is 0 Å². The van der Waals surface area contributed by atoms with E-state index in [0.29, 0.717) is 22.5 Å². The lowest BCUT2D eigenvalue weighted by atomic mass is 10.1. The van der Waals surface area contributed by atoms with Gasteiger partial charge in [0, 0.05) is 17.2 Å². The number of carbonyl (C=O) groups is 2. The summed E-state index contributed by atoms with van der Waals surface area (Å²) in [6.07, 6.45) is 0. The monoisotopic (exact) mass is 469 g/mol. The van der Waals surface area contributed by atoms with Crippen molar-refractivity contribution in [3.8, 4) is 11.3 Å². The number of amides is 2. The van der Waals surface area contributed by atoms with E-state index in [1.165, 1.54) is 18.2 Å². The van der Waals surface area contributed by atoms with Crippen LogP contribution in [0.3, 0.4) is 0 Å². The number of thioether (sulfide) groups is 1. The van der Waals surface area contributed by atoms with Crippen LogP contribution in [-0.4, -0.2) is 32.2 Å². The Labute approximate surface area is 194 Å². The van der Waals surface area contributed by atoms with Crippen LogP contribution in [0.4, 0.5) is 15.8 Å². The number of carbonyl (C=O) groups excluding carboxylic acids is 2. The Morgan fingerprint density at radius 3 is 2.36 bits per heavy atom. The highest BCUT2D eigenvalue weighted by Crippen LogP contribution is 2.25. The van der Waals surface area contributed by atoms with Gasteiger partial charge >= 0.3 is 0 Å². The molecule has 0 saturated heterocycles. The van der Waals surface area contributed by atoms with Crippen LogP contribution in [0.5, 0.6) is 0 Å². The molecule has 33 heavy (non-hydrogen) atoms. The minimum Gasteiger partial charge on any atom is -0.325 e. The molecule has 3 rings (SSSR count). The average Bonchev–Trinajstić information content (AvgIpc) is 2.76. The fraction of sp³-hybridized carbons (Fsp3) is 0.261. The summed E-state index contributed by atoms with van der Waals surface area (Å²) in [7, 11) is 0. The number of hydrogen-bond acceptors (Lipinski definition) is 6. The number of H-pyrrole nitrogens is 1. The molecule has 0 aliphatic rings. The molecular weight excluding hydrogens is 445 g/mol. The summed E-state index contributed by atoms with van der Waals surface area (Å²) >= 11 is 1.03. The number of nitrogens with one attached hydrogen (secondary N) is 3. The van der Waals surface area contributed by atoms with Crippen LogP contribution < -0.4 is 16.2 Å². The zero-order chi connectivity index (χ0) is 24.1. The lowest BCUT2D eigenvalue weighted by Gasteiger charge is -2.13. The van der Waals surface area contributed by atoms with E-state index in [9.17, 15) is 18.8 Å². The molecule has 0 bridgehead atoms. The van der Waals surface area contributed by atoms with Gasteiger partial charge in [0.15, 0.2) is 10.9 Å². The van der Waals surface area contributed by atoms with Crippen molar-refractivity contribution in [3.05, 3.63) is 64.2 Å². The summed E-state index contributed by atoms with van der Waals surface area (Å²) in [6, 6.07) is 10.9. The second kappa shape index (κ2) is 10.4. The first-order chi connectivity index (χ1) is 15.7. The zero-order valence-corrected chi connectivity index (χ0v) is 19.4. The lowest BCUT2D eigenvalue weighted by molar-refractivity contribution is -0.119. The zero-order valence-electron chi connectivity index (χ0n) is 18.6. The smallest absolute Gasteiger partial charge is 0.278 e. The van der Waals surface area contributed by atoms with Crippen molar-refractivity contribution in [1.29, 1.82) is 0 Å². The Hall–Kier alpha value is -3.53. The molecule has 10 heteroatoms. The molecule has 0 fully saturated rings. The third-order valence-corrected chi connectivity index (χ3v) is 5.72. The topological polar surface area (TPSA) is 117 Å². The summed E-state index contributed by atoms with van der Waals surface area (Å²) in [4.78, 5) is 40.0. The Bertz CT molecular complexity index is 1240. The van der Waals surface area contributed by atoms with Crippen molar-refractivity contribution in [1.82, 2.24) is 15.2 Å². The SMILES string of the molecule is Cc1cc(F)ccc1NC(=O)C(C)Sc1nnc(-c2ccccc2NC(=O)C(C)C)c(=O)[nH]1. The molecule has 1 heterocycles. The largest absolute Gasteiger partial charge is 0.325 e. The molecule has 0 saturated carbocycles. The summed E-state index contributed by atoms with van der Waals surface area (Å²) in [5, 5.41) is 13.2. The molecule has 0 radical (unpaired) electrons. The van der Waals surface area contributed by atoms with Crippen LogP contribution in [0, 0.1) is 18.7 Å². The molecule has 1 aromatic heterocycles. The third kappa shape index (κ3) is 6.04. The summed E-state index contributed by atoms with van der Waals surface area (Å²) in [6.45, 7) is 6.89. The number of para-hydroxylation sites is 1. The summed E-state index contributed by atoms with van der Waals surface area (Å²) in [5.41, 5.74) is 1.55. The van der Waals surface area contributed by atoms with Gasteiger partial charge in [0.25, 0.3) is 5.56 Å². The van der Waals surface area contributed by atoms with Crippen molar-refractivity contribution >= 4 is 35.0 Å². The Morgan fingerprint density at radius 2 is 1.70 bits per heavy atom. The maximum atomic E-state index is 13.3. The van der Waals surface area contributed by atoms with Gasteiger partial charge in [-0.25, -0.2) is 4.39 Å². The number of aryl methyl sites for hydroxylation is 1. The predicted molar refractivity (Wildman–Crippen MR) is 127 cm³/mol. The Kier molecular flexibility index (Phi) is 7.59. The van der Waals surface area contributed by atoms with Crippen LogP contribution in [0.2, 0.25) is 0 Å². The van der Waals surface area contributed by atoms with Gasteiger partial charge in [-0.1, -0.05) is 43.8 Å². The highest BCUT2D eigenvalue weighted by molar-refractivity contribution is 8.00. The minimum atomic E-state index is -0.608. The normalized spacial score (nSPS) is 11.8. The minimum absolute atomic E-state index is 0.0537. The second-order valence-electron chi connectivity index (χ2n) is 7.71. The number of benzene rings is 2. The first kappa shape index (κ1) is 24.1. The number of anilines is 2. The predicted octanol–water partition coefficient (Wildman–Crippen LogP) is 3.99. The van der Waals surface area contributed by atoms with Crippen LogP contribution in [0.1, 0.15) is 26.3 Å². The molecule has 1 unspecified atom stereocenters. The van der Waals surface area contributed by atoms with Gasteiger partial charge in [-0.05, 0) is 43.7 Å². The second-order valence-corrected chi connectivity index (χ2v) is 9.04. The molecule has 0 spiro atoms. The molecule has 0 aliphatic carbocycles. The Balaban J connectivity index is 1.75. The summed E-state index contributed by atoms with van der Waals surface area (Å²) in [5.74, 6) is -1.13. The van der Waals surface area contributed by atoms with E-state index in [-0.39, 0.29) is 34.4 Å². The number of hydrogen-bond donors (Lipinski definition) is 3. The van der Waals surface area contributed by atoms with Crippen molar-refractivity contribution in [2.24, 2.45) is 5.92 Å². The van der Waals surface area contributed by atoms with E-state index < -0.39 is 10.8 Å². The summed E-state index contributed by atoms with van der Waals surface area (Å²) < 4.78 is 13.3. The fourth-order valence-electron chi connectivity index (χ4n) is 2.85. The highest BCUT2D eigenvalue weighted by Gasteiger charge is 2.19. The van der Waals surface area contributed by atoms with Gasteiger partial charge in [-0.15, -0.1) is 10.2 Å². The molecule has 3 aromatic rings. The van der Waals surface area contributed by atoms with Gasteiger partial charge in [-0.3, -0.25) is 19.4 Å².